The first kappa shape index (κ1) is 14.4. The van der Waals surface area contributed by atoms with Crippen LogP contribution in [0.4, 0.5) is 0 Å². The largest absolute Gasteiger partial charge is 0.468 e. The van der Waals surface area contributed by atoms with Crippen LogP contribution >= 0.6 is 0 Å². The predicted molar refractivity (Wildman–Crippen MR) is 64.7 cm³/mol. The van der Waals surface area contributed by atoms with E-state index in [1.807, 2.05) is 24.3 Å². The molecule has 0 radical (unpaired) electrons. The molecule has 0 aromatic carbocycles. The molecular formula is C13H18O5. The molecule has 0 unspecified atom stereocenters. The summed E-state index contributed by atoms with van der Waals surface area (Å²) in [4.78, 5) is 23.2. The Hall–Kier alpha value is -1.62. The van der Waals surface area contributed by atoms with Gasteiger partial charge in [-0.1, -0.05) is 24.3 Å². The van der Waals surface area contributed by atoms with Gasteiger partial charge >= 0.3 is 11.9 Å². The minimum atomic E-state index is -0.948. The second-order valence-electron chi connectivity index (χ2n) is 3.99. The van der Waals surface area contributed by atoms with Crippen LogP contribution in [0.5, 0.6) is 0 Å². The highest BCUT2D eigenvalue weighted by Crippen LogP contribution is 2.24. The molecule has 1 aliphatic carbocycles. The van der Waals surface area contributed by atoms with Crippen molar-refractivity contribution in [2.75, 3.05) is 27.9 Å². The summed E-state index contributed by atoms with van der Waals surface area (Å²) >= 11 is 0. The lowest BCUT2D eigenvalue weighted by atomic mass is 9.86. The van der Waals surface area contributed by atoms with Crippen molar-refractivity contribution in [2.24, 2.45) is 17.8 Å². The summed E-state index contributed by atoms with van der Waals surface area (Å²) in [6, 6.07) is 0. The van der Waals surface area contributed by atoms with Gasteiger partial charge in [-0.2, -0.15) is 0 Å². The summed E-state index contributed by atoms with van der Waals surface area (Å²) in [6.45, 7) is 0.570. The highest BCUT2D eigenvalue weighted by atomic mass is 16.5. The van der Waals surface area contributed by atoms with Gasteiger partial charge in [0, 0.05) is 18.9 Å². The SMILES string of the molecule is COCC1C=CC(C(C(=O)OC)C(=O)OC)C=C1. The Kier molecular flexibility index (Phi) is 5.58. The maximum absolute atomic E-state index is 11.6. The van der Waals surface area contributed by atoms with Crippen LogP contribution in [0.1, 0.15) is 0 Å². The molecule has 0 saturated carbocycles. The summed E-state index contributed by atoms with van der Waals surface area (Å²) < 4.78 is 14.3. The number of rotatable bonds is 5. The van der Waals surface area contributed by atoms with Crippen molar-refractivity contribution >= 4 is 11.9 Å². The van der Waals surface area contributed by atoms with Crippen LogP contribution in [-0.4, -0.2) is 39.9 Å². The van der Waals surface area contributed by atoms with E-state index in [2.05, 4.69) is 9.47 Å². The van der Waals surface area contributed by atoms with Crippen LogP contribution in [0.2, 0.25) is 0 Å². The number of allylic oxidation sites excluding steroid dienone is 2. The minimum absolute atomic E-state index is 0.169. The minimum Gasteiger partial charge on any atom is -0.468 e. The van der Waals surface area contributed by atoms with E-state index in [1.165, 1.54) is 14.2 Å². The summed E-state index contributed by atoms with van der Waals surface area (Å²) in [5.74, 6) is -2.30. The topological polar surface area (TPSA) is 61.8 Å². The number of carbonyl (C=O) groups is 2. The third-order valence-corrected chi connectivity index (χ3v) is 2.82. The van der Waals surface area contributed by atoms with Gasteiger partial charge in [-0.3, -0.25) is 9.59 Å². The molecule has 0 aromatic rings. The molecular weight excluding hydrogens is 236 g/mol. The van der Waals surface area contributed by atoms with Crippen LogP contribution < -0.4 is 0 Å². The number of hydrogen-bond acceptors (Lipinski definition) is 5. The van der Waals surface area contributed by atoms with Gasteiger partial charge in [-0.15, -0.1) is 0 Å². The van der Waals surface area contributed by atoms with Crippen LogP contribution in [0.25, 0.3) is 0 Å². The van der Waals surface area contributed by atoms with E-state index >= 15 is 0 Å². The fourth-order valence-electron chi connectivity index (χ4n) is 1.86. The molecule has 1 rings (SSSR count). The van der Waals surface area contributed by atoms with E-state index < -0.39 is 17.9 Å². The highest BCUT2D eigenvalue weighted by Gasteiger charge is 2.35. The number of esters is 2. The number of hydrogen-bond donors (Lipinski definition) is 0. The van der Waals surface area contributed by atoms with Crippen LogP contribution in [-0.2, 0) is 23.8 Å². The van der Waals surface area contributed by atoms with E-state index in [-0.39, 0.29) is 11.8 Å². The lowest BCUT2D eigenvalue weighted by molar-refractivity contribution is -0.159. The zero-order valence-corrected chi connectivity index (χ0v) is 10.8. The predicted octanol–water partition coefficient (Wildman–Crippen LogP) is 0.953. The van der Waals surface area contributed by atoms with Crippen LogP contribution in [0, 0.1) is 17.8 Å². The molecule has 0 fully saturated rings. The van der Waals surface area contributed by atoms with Gasteiger partial charge in [-0.05, 0) is 0 Å². The van der Waals surface area contributed by atoms with Gasteiger partial charge < -0.3 is 14.2 Å². The number of carbonyl (C=O) groups excluding carboxylic acids is 2. The number of methoxy groups -OCH3 is 3. The molecule has 5 nitrogen and oxygen atoms in total. The molecule has 100 valence electrons. The summed E-state index contributed by atoms with van der Waals surface area (Å²) in [7, 11) is 4.13. The lowest BCUT2D eigenvalue weighted by Crippen LogP contribution is -2.32. The molecule has 0 saturated heterocycles. The summed E-state index contributed by atoms with van der Waals surface area (Å²) in [5.41, 5.74) is 0. The van der Waals surface area contributed by atoms with Crippen LogP contribution in [0.3, 0.4) is 0 Å². The van der Waals surface area contributed by atoms with E-state index in [9.17, 15) is 9.59 Å². The average molecular weight is 254 g/mol. The van der Waals surface area contributed by atoms with Crippen molar-refractivity contribution in [2.45, 2.75) is 0 Å². The normalized spacial score (nSPS) is 22.0. The molecule has 18 heavy (non-hydrogen) atoms. The molecule has 0 spiro atoms. The summed E-state index contributed by atoms with van der Waals surface area (Å²) in [6.07, 6.45) is 7.44. The van der Waals surface area contributed by atoms with Gasteiger partial charge in [0.2, 0.25) is 0 Å². The Morgan fingerprint density at radius 2 is 1.50 bits per heavy atom. The molecule has 0 bridgehead atoms. The van der Waals surface area contributed by atoms with Crippen molar-refractivity contribution in [3.8, 4) is 0 Å². The highest BCUT2D eigenvalue weighted by molar-refractivity contribution is 5.95. The Balaban J connectivity index is 2.78. The van der Waals surface area contributed by atoms with E-state index in [0.717, 1.165) is 0 Å². The monoisotopic (exact) mass is 254 g/mol. The standard InChI is InChI=1S/C13H18O5/c1-16-8-9-4-6-10(7-5-9)11(12(14)17-2)13(15)18-3/h4-7,9-11H,8H2,1-3H3. The molecule has 0 aromatic heterocycles. The maximum atomic E-state index is 11.6. The Morgan fingerprint density at radius 1 is 1.00 bits per heavy atom. The fourth-order valence-corrected chi connectivity index (χ4v) is 1.86. The van der Waals surface area contributed by atoms with Gasteiger partial charge in [0.15, 0.2) is 5.92 Å². The molecule has 0 N–H and O–H groups in total. The summed E-state index contributed by atoms with van der Waals surface area (Å²) in [5, 5.41) is 0. The molecule has 5 heteroatoms. The van der Waals surface area contributed by atoms with E-state index in [1.54, 1.807) is 7.11 Å². The lowest BCUT2D eigenvalue weighted by Gasteiger charge is -2.21. The van der Waals surface area contributed by atoms with E-state index in [4.69, 9.17) is 4.74 Å². The van der Waals surface area contributed by atoms with Gasteiger partial charge in [-0.25, -0.2) is 0 Å². The Morgan fingerprint density at radius 3 is 1.89 bits per heavy atom. The second-order valence-corrected chi connectivity index (χ2v) is 3.99. The molecule has 0 heterocycles. The second kappa shape index (κ2) is 6.96. The first-order valence-electron chi connectivity index (χ1n) is 5.65. The third kappa shape index (κ3) is 3.43. The zero-order valence-electron chi connectivity index (χ0n) is 10.8. The van der Waals surface area contributed by atoms with Crippen molar-refractivity contribution in [1.82, 2.24) is 0 Å². The average Bonchev–Trinajstić information content (AvgIpc) is 2.40. The number of ether oxygens (including phenoxy) is 3. The van der Waals surface area contributed by atoms with Gasteiger partial charge in [0.25, 0.3) is 0 Å². The van der Waals surface area contributed by atoms with Crippen molar-refractivity contribution in [3.05, 3.63) is 24.3 Å². The molecule has 0 aliphatic heterocycles. The Bertz CT molecular complexity index is 328. The molecule has 0 amide bonds. The van der Waals surface area contributed by atoms with Gasteiger partial charge in [0.05, 0.1) is 20.8 Å². The maximum Gasteiger partial charge on any atom is 0.320 e. The molecule has 1 aliphatic rings. The van der Waals surface area contributed by atoms with Crippen molar-refractivity contribution in [1.29, 1.82) is 0 Å². The van der Waals surface area contributed by atoms with Crippen LogP contribution in [0.15, 0.2) is 24.3 Å². The zero-order chi connectivity index (χ0) is 13.5. The van der Waals surface area contributed by atoms with Crippen molar-refractivity contribution < 1.29 is 23.8 Å². The smallest absolute Gasteiger partial charge is 0.320 e. The fraction of sp³-hybridized carbons (Fsp3) is 0.538. The molecule has 0 atom stereocenters. The first-order valence-corrected chi connectivity index (χ1v) is 5.65. The van der Waals surface area contributed by atoms with E-state index in [0.29, 0.717) is 6.61 Å². The Labute approximate surface area is 106 Å². The first-order chi connectivity index (χ1) is 8.63. The van der Waals surface area contributed by atoms with Crippen molar-refractivity contribution in [3.63, 3.8) is 0 Å². The van der Waals surface area contributed by atoms with Gasteiger partial charge in [0.1, 0.15) is 0 Å². The quantitative estimate of drug-likeness (QED) is 0.415. The third-order valence-electron chi connectivity index (χ3n) is 2.82.